The first-order valence-corrected chi connectivity index (χ1v) is 9.91. The molecule has 0 saturated carbocycles. The molecule has 1 heterocycles. The number of rotatable bonds is 3. The molecule has 4 heteroatoms. The van der Waals surface area contributed by atoms with Gasteiger partial charge in [-0.05, 0) is 68.1 Å². The van der Waals surface area contributed by atoms with E-state index in [9.17, 15) is 9.59 Å². The van der Waals surface area contributed by atoms with Gasteiger partial charge in [-0.15, -0.1) is 0 Å². The van der Waals surface area contributed by atoms with Gasteiger partial charge in [-0.2, -0.15) is 0 Å². The van der Waals surface area contributed by atoms with Gasteiger partial charge in [0.05, 0.1) is 0 Å². The molecular weight excluding hydrogens is 360 g/mol. The molecule has 0 radical (unpaired) electrons. The summed E-state index contributed by atoms with van der Waals surface area (Å²) in [4.78, 5) is 27.6. The van der Waals surface area contributed by atoms with Gasteiger partial charge >= 0.3 is 0 Å². The number of benzene rings is 3. The summed E-state index contributed by atoms with van der Waals surface area (Å²) in [6, 6.07) is 21.0. The van der Waals surface area contributed by atoms with Crippen molar-refractivity contribution >= 4 is 23.2 Å². The Hall–Kier alpha value is -3.40. The molecule has 3 aromatic rings. The third kappa shape index (κ3) is 3.92. The Morgan fingerprint density at radius 1 is 0.931 bits per heavy atom. The zero-order chi connectivity index (χ0) is 20.4. The van der Waals surface area contributed by atoms with Crippen LogP contribution in [0.5, 0.6) is 0 Å². The van der Waals surface area contributed by atoms with Gasteiger partial charge in [-0.25, -0.2) is 0 Å². The normalized spacial score (nSPS) is 13.0. The van der Waals surface area contributed by atoms with Crippen molar-refractivity contribution in [2.24, 2.45) is 0 Å². The van der Waals surface area contributed by atoms with Gasteiger partial charge in [-0.1, -0.05) is 42.0 Å². The molecule has 0 atom stereocenters. The number of hydrogen-bond donors (Lipinski definition) is 1. The monoisotopic (exact) mass is 384 g/mol. The molecule has 146 valence electrons. The van der Waals surface area contributed by atoms with E-state index in [-0.39, 0.29) is 11.8 Å². The van der Waals surface area contributed by atoms with E-state index in [1.165, 1.54) is 0 Å². The Kier molecular flexibility index (Phi) is 5.17. The average Bonchev–Trinajstić information content (AvgIpc) is 2.73. The van der Waals surface area contributed by atoms with Gasteiger partial charge in [0.25, 0.3) is 11.8 Å². The summed E-state index contributed by atoms with van der Waals surface area (Å²) >= 11 is 0. The van der Waals surface area contributed by atoms with Crippen LogP contribution < -0.4 is 10.2 Å². The quantitative estimate of drug-likeness (QED) is 0.679. The SMILES string of the molecule is Cc1ccc(C(=O)Nc2ccc3c(c2)N(C(=O)c2ccccc2)CCC3)c(C)c1. The number of fused-ring (bicyclic) bond motifs is 1. The Labute approximate surface area is 171 Å². The lowest BCUT2D eigenvalue weighted by Crippen LogP contribution is -2.35. The third-order valence-electron chi connectivity index (χ3n) is 5.35. The molecule has 4 nitrogen and oxygen atoms in total. The maximum atomic E-state index is 13.0. The number of nitrogens with zero attached hydrogens (tertiary/aromatic N) is 1. The molecule has 0 fully saturated rings. The summed E-state index contributed by atoms with van der Waals surface area (Å²) in [5, 5.41) is 2.99. The molecule has 1 aliphatic rings. The maximum absolute atomic E-state index is 13.0. The van der Waals surface area contributed by atoms with Gasteiger partial charge in [0, 0.05) is 29.0 Å². The van der Waals surface area contributed by atoms with Crippen molar-refractivity contribution in [2.45, 2.75) is 26.7 Å². The molecule has 0 unspecified atom stereocenters. The second-order valence-electron chi connectivity index (χ2n) is 7.54. The van der Waals surface area contributed by atoms with Crippen LogP contribution in [0.4, 0.5) is 11.4 Å². The number of aryl methyl sites for hydroxylation is 3. The molecule has 2 amide bonds. The van der Waals surface area contributed by atoms with Gasteiger partial charge in [0.15, 0.2) is 0 Å². The minimum absolute atomic E-state index is 0.00981. The molecule has 0 spiro atoms. The lowest BCUT2D eigenvalue weighted by atomic mass is 9.99. The highest BCUT2D eigenvalue weighted by Gasteiger charge is 2.24. The summed E-state index contributed by atoms with van der Waals surface area (Å²) in [6.07, 6.45) is 1.86. The molecule has 3 aromatic carbocycles. The predicted octanol–water partition coefficient (Wildman–Crippen LogP) is 5.15. The van der Waals surface area contributed by atoms with E-state index in [0.717, 1.165) is 35.2 Å². The first-order valence-electron chi connectivity index (χ1n) is 9.91. The smallest absolute Gasteiger partial charge is 0.258 e. The summed E-state index contributed by atoms with van der Waals surface area (Å²) < 4.78 is 0. The van der Waals surface area contributed by atoms with Crippen molar-refractivity contribution in [2.75, 3.05) is 16.8 Å². The predicted molar refractivity (Wildman–Crippen MR) is 117 cm³/mol. The van der Waals surface area contributed by atoms with Crippen molar-refractivity contribution in [1.29, 1.82) is 0 Å². The molecule has 0 bridgehead atoms. The molecule has 1 aliphatic heterocycles. The minimum atomic E-state index is -0.140. The fraction of sp³-hybridized carbons (Fsp3) is 0.200. The average molecular weight is 384 g/mol. The fourth-order valence-electron chi connectivity index (χ4n) is 3.87. The van der Waals surface area contributed by atoms with Gasteiger partial charge in [-0.3, -0.25) is 9.59 Å². The zero-order valence-electron chi connectivity index (χ0n) is 16.7. The summed E-state index contributed by atoms with van der Waals surface area (Å²) in [7, 11) is 0. The molecule has 4 rings (SSSR count). The van der Waals surface area contributed by atoms with Gasteiger partial charge in [0.1, 0.15) is 0 Å². The number of nitrogens with one attached hydrogen (secondary N) is 1. The van der Waals surface area contributed by atoms with Crippen LogP contribution in [0.25, 0.3) is 0 Å². The van der Waals surface area contributed by atoms with Crippen molar-refractivity contribution < 1.29 is 9.59 Å². The van der Waals surface area contributed by atoms with Crippen LogP contribution in [0.2, 0.25) is 0 Å². The van der Waals surface area contributed by atoms with Crippen LogP contribution in [0.15, 0.2) is 66.7 Å². The Balaban J connectivity index is 1.61. The molecule has 1 N–H and O–H groups in total. The van der Waals surface area contributed by atoms with Crippen LogP contribution in [0, 0.1) is 13.8 Å². The van der Waals surface area contributed by atoms with E-state index >= 15 is 0 Å². The Morgan fingerprint density at radius 2 is 1.72 bits per heavy atom. The lowest BCUT2D eigenvalue weighted by molar-refractivity contribution is 0.0984. The van der Waals surface area contributed by atoms with Crippen molar-refractivity contribution in [1.82, 2.24) is 0 Å². The van der Waals surface area contributed by atoms with Crippen LogP contribution >= 0.6 is 0 Å². The van der Waals surface area contributed by atoms with Crippen molar-refractivity contribution in [3.05, 3.63) is 94.5 Å². The van der Waals surface area contributed by atoms with E-state index in [1.54, 1.807) is 0 Å². The first-order chi connectivity index (χ1) is 14.0. The van der Waals surface area contributed by atoms with E-state index < -0.39 is 0 Å². The molecule has 0 aromatic heterocycles. The number of carbonyl (C=O) groups excluding carboxylic acids is 2. The van der Waals surface area contributed by atoms with Crippen LogP contribution in [0.3, 0.4) is 0 Å². The highest BCUT2D eigenvalue weighted by molar-refractivity contribution is 6.08. The van der Waals surface area contributed by atoms with E-state index in [0.29, 0.717) is 23.4 Å². The fourth-order valence-corrected chi connectivity index (χ4v) is 3.87. The van der Waals surface area contributed by atoms with E-state index in [1.807, 2.05) is 85.5 Å². The first kappa shape index (κ1) is 18.9. The van der Waals surface area contributed by atoms with Gasteiger partial charge in [0.2, 0.25) is 0 Å². The summed E-state index contributed by atoms with van der Waals surface area (Å²) in [6.45, 7) is 4.63. The lowest BCUT2D eigenvalue weighted by Gasteiger charge is -2.30. The molecule has 0 saturated heterocycles. The third-order valence-corrected chi connectivity index (χ3v) is 5.35. The number of amides is 2. The maximum Gasteiger partial charge on any atom is 0.258 e. The topological polar surface area (TPSA) is 49.4 Å². The van der Waals surface area contributed by atoms with E-state index in [4.69, 9.17) is 0 Å². The van der Waals surface area contributed by atoms with Crippen LogP contribution in [-0.2, 0) is 6.42 Å². The van der Waals surface area contributed by atoms with Crippen LogP contribution in [0.1, 0.15) is 43.8 Å². The summed E-state index contributed by atoms with van der Waals surface area (Å²) in [5.41, 5.74) is 6.11. The molecule has 0 aliphatic carbocycles. The zero-order valence-corrected chi connectivity index (χ0v) is 16.7. The van der Waals surface area contributed by atoms with Crippen molar-refractivity contribution in [3.63, 3.8) is 0 Å². The minimum Gasteiger partial charge on any atom is -0.322 e. The largest absolute Gasteiger partial charge is 0.322 e. The highest BCUT2D eigenvalue weighted by atomic mass is 16.2. The van der Waals surface area contributed by atoms with Crippen LogP contribution in [-0.4, -0.2) is 18.4 Å². The van der Waals surface area contributed by atoms with Crippen molar-refractivity contribution in [3.8, 4) is 0 Å². The summed E-state index contributed by atoms with van der Waals surface area (Å²) in [5.74, 6) is -0.149. The number of hydrogen-bond acceptors (Lipinski definition) is 2. The van der Waals surface area contributed by atoms with E-state index in [2.05, 4.69) is 5.32 Å². The van der Waals surface area contributed by atoms with Gasteiger partial charge < -0.3 is 10.2 Å². The highest BCUT2D eigenvalue weighted by Crippen LogP contribution is 2.31. The second-order valence-corrected chi connectivity index (χ2v) is 7.54. The molecule has 29 heavy (non-hydrogen) atoms. The molecular formula is C25H24N2O2. The Morgan fingerprint density at radius 3 is 2.48 bits per heavy atom. The number of anilines is 2. The standard InChI is InChI=1S/C25H24N2O2/c1-17-10-13-22(18(2)15-17)24(28)26-21-12-11-19-9-6-14-27(23(19)16-21)25(29)20-7-4-3-5-8-20/h3-5,7-8,10-13,15-16H,6,9,14H2,1-2H3,(H,26,28). The number of carbonyl (C=O) groups is 2. The second kappa shape index (κ2) is 7.92. The Bertz CT molecular complexity index is 1070.